The Morgan fingerprint density at radius 1 is 1.29 bits per heavy atom. The maximum Gasteiger partial charge on any atom is 0.0361 e. The maximum absolute atomic E-state index is 3.42. The molecule has 0 radical (unpaired) electrons. The quantitative estimate of drug-likeness (QED) is 0.779. The van der Waals surface area contributed by atoms with Gasteiger partial charge < -0.3 is 10.2 Å². The molecule has 1 N–H and O–H groups in total. The summed E-state index contributed by atoms with van der Waals surface area (Å²) in [7, 11) is 4.14. The molecule has 0 bridgehead atoms. The second kappa shape index (κ2) is 4.01. The lowest BCUT2D eigenvalue weighted by atomic mass is 9.98. The van der Waals surface area contributed by atoms with E-state index in [0.29, 0.717) is 0 Å². The van der Waals surface area contributed by atoms with Crippen LogP contribution in [0, 0.1) is 0 Å². The minimum Gasteiger partial charge on any atom is -0.378 e. The topological polar surface area (TPSA) is 15.3 Å². The molecule has 0 saturated carbocycles. The van der Waals surface area contributed by atoms with E-state index in [0.717, 1.165) is 6.04 Å². The average Bonchev–Trinajstić information content (AvgIpc) is 2.12. The average molecular weight is 190 g/mol. The maximum atomic E-state index is 3.42. The molecule has 1 aliphatic rings. The summed E-state index contributed by atoms with van der Waals surface area (Å²) in [5.41, 5.74) is 2.71. The summed E-state index contributed by atoms with van der Waals surface area (Å²) in [6.07, 6.45) is 2.50. The number of nitrogens with one attached hydrogen (secondary N) is 1. The molecule has 1 atom stereocenters. The van der Waals surface area contributed by atoms with Gasteiger partial charge >= 0.3 is 0 Å². The number of nitrogens with zero attached hydrogens (tertiary/aromatic N) is 1. The monoisotopic (exact) mass is 190 g/mol. The molecule has 1 aromatic carbocycles. The van der Waals surface area contributed by atoms with Crippen molar-refractivity contribution in [2.75, 3.05) is 25.5 Å². The molecular weight excluding hydrogens is 172 g/mol. The summed E-state index contributed by atoms with van der Waals surface area (Å²) >= 11 is 0. The van der Waals surface area contributed by atoms with Gasteiger partial charge in [-0.2, -0.15) is 0 Å². The Hall–Kier alpha value is -1.02. The van der Waals surface area contributed by atoms with Gasteiger partial charge in [0, 0.05) is 25.8 Å². The molecule has 0 spiro atoms. The van der Waals surface area contributed by atoms with Crippen LogP contribution in [0.1, 0.15) is 12.0 Å². The van der Waals surface area contributed by atoms with Gasteiger partial charge in [-0.15, -0.1) is 0 Å². The summed E-state index contributed by atoms with van der Waals surface area (Å²) in [5, 5.41) is 3.42. The summed E-state index contributed by atoms with van der Waals surface area (Å²) in [6, 6.07) is 9.56. The van der Waals surface area contributed by atoms with E-state index in [4.69, 9.17) is 0 Å². The van der Waals surface area contributed by atoms with E-state index in [1.54, 1.807) is 0 Å². The Morgan fingerprint density at radius 2 is 1.93 bits per heavy atom. The van der Waals surface area contributed by atoms with Gasteiger partial charge in [-0.25, -0.2) is 0 Å². The van der Waals surface area contributed by atoms with Crippen molar-refractivity contribution in [3.8, 4) is 0 Å². The fraction of sp³-hybridized carbons (Fsp3) is 0.500. The minimum atomic E-state index is 0.722. The number of anilines is 1. The number of hydrogen-bond donors (Lipinski definition) is 1. The van der Waals surface area contributed by atoms with Gasteiger partial charge in [0.05, 0.1) is 0 Å². The lowest BCUT2D eigenvalue weighted by Gasteiger charge is -2.27. The third-order valence-corrected chi connectivity index (χ3v) is 2.86. The molecule has 0 aromatic heterocycles. The minimum absolute atomic E-state index is 0.722. The molecule has 1 aliphatic heterocycles. The van der Waals surface area contributed by atoms with Crippen LogP contribution in [0.25, 0.3) is 0 Å². The van der Waals surface area contributed by atoms with Gasteiger partial charge in [0.15, 0.2) is 0 Å². The fourth-order valence-corrected chi connectivity index (χ4v) is 1.74. The van der Waals surface area contributed by atoms with Gasteiger partial charge in [-0.3, -0.25) is 0 Å². The molecule has 2 rings (SSSR count). The second-order valence-corrected chi connectivity index (χ2v) is 4.20. The van der Waals surface area contributed by atoms with Gasteiger partial charge in [-0.1, -0.05) is 12.1 Å². The molecule has 1 unspecified atom stereocenters. The molecule has 1 saturated heterocycles. The SMILES string of the molecule is CN(C)c1ccc(CC2CCN2)cc1. The van der Waals surface area contributed by atoms with E-state index in [1.807, 2.05) is 0 Å². The Morgan fingerprint density at radius 3 is 2.36 bits per heavy atom. The van der Waals surface area contributed by atoms with Crippen molar-refractivity contribution < 1.29 is 0 Å². The molecule has 1 aromatic rings. The summed E-state index contributed by atoms with van der Waals surface area (Å²) in [4.78, 5) is 2.13. The first-order chi connectivity index (χ1) is 6.75. The van der Waals surface area contributed by atoms with E-state index in [9.17, 15) is 0 Å². The first-order valence-corrected chi connectivity index (χ1v) is 5.25. The van der Waals surface area contributed by atoms with Crippen molar-refractivity contribution in [1.29, 1.82) is 0 Å². The van der Waals surface area contributed by atoms with Gasteiger partial charge in [0.1, 0.15) is 0 Å². The highest BCUT2D eigenvalue weighted by molar-refractivity contribution is 5.46. The first-order valence-electron chi connectivity index (χ1n) is 5.25. The summed E-state index contributed by atoms with van der Waals surface area (Å²) in [5.74, 6) is 0. The molecule has 14 heavy (non-hydrogen) atoms. The summed E-state index contributed by atoms with van der Waals surface area (Å²) in [6.45, 7) is 1.19. The number of hydrogen-bond acceptors (Lipinski definition) is 2. The largest absolute Gasteiger partial charge is 0.378 e. The van der Waals surface area contributed by atoms with Crippen LogP contribution in [0.2, 0.25) is 0 Å². The number of benzene rings is 1. The molecule has 2 nitrogen and oxygen atoms in total. The van der Waals surface area contributed by atoms with Crippen LogP contribution in [-0.2, 0) is 6.42 Å². The Kier molecular flexibility index (Phi) is 2.73. The standard InChI is InChI=1S/C12H18N2/c1-14(2)12-5-3-10(4-6-12)9-11-7-8-13-11/h3-6,11,13H,7-9H2,1-2H3. The van der Waals surface area contributed by atoms with Gasteiger partial charge in [0.25, 0.3) is 0 Å². The Balaban J connectivity index is 1.98. The third kappa shape index (κ3) is 2.07. The van der Waals surface area contributed by atoms with Gasteiger partial charge in [-0.05, 0) is 37.1 Å². The first kappa shape index (κ1) is 9.53. The third-order valence-electron chi connectivity index (χ3n) is 2.86. The lowest BCUT2D eigenvalue weighted by molar-refractivity contribution is 0.369. The molecular formula is C12H18N2. The van der Waals surface area contributed by atoms with Crippen LogP contribution < -0.4 is 10.2 Å². The van der Waals surface area contributed by atoms with E-state index in [1.165, 1.54) is 30.6 Å². The normalized spacial score (nSPS) is 20.3. The molecule has 0 amide bonds. The molecule has 1 heterocycles. The van der Waals surface area contributed by atoms with Crippen molar-refractivity contribution in [2.45, 2.75) is 18.9 Å². The zero-order valence-corrected chi connectivity index (χ0v) is 8.96. The smallest absolute Gasteiger partial charge is 0.0361 e. The van der Waals surface area contributed by atoms with Crippen LogP contribution >= 0.6 is 0 Å². The van der Waals surface area contributed by atoms with Crippen LogP contribution in [0.3, 0.4) is 0 Å². The van der Waals surface area contributed by atoms with Crippen LogP contribution in [0.4, 0.5) is 5.69 Å². The summed E-state index contributed by atoms with van der Waals surface area (Å²) < 4.78 is 0. The fourth-order valence-electron chi connectivity index (χ4n) is 1.74. The van der Waals surface area contributed by atoms with E-state index < -0.39 is 0 Å². The highest BCUT2D eigenvalue weighted by atomic mass is 15.1. The molecule has 76 valence electrons. The molecule has 1 fully saturated rings. The van der Waals surface area contributed by atoms with E-state index >= 15 is 0 Å². The van der Waals surface area contributed by atoms with Crippen molar-refractivity contribution >= 4 is 5.69 Å². The highest BCUT2D eigenvalue weighted by Gasteiger charge is 2.16. The van der Waals surface area contributed by atoms with Crippen LogP contribution in [0.15, 0.2) is 24.3 Å². The lowest BCUT2D eigenvalue weighted by Crippen LogP contribution is -2.44. The van der Waals surface area contributed by atoms with Crippen molar-refractivity contribution in [2.24, 2.45) is 0 Å². The van der Waals surface area contributed by atoms with Crippen molar-refractivity contribution in [3.05, 3.63) is 29.8 Å². The van der Waals surface area contributed by atoms with Crippen molar-refractivity contribution in [1.82, 2.24) is 5.32 Å². The Labute approximate surface area is 85.9 Å². The van der Waals surface area contributed by atoms with Crippen molar-refractivity contribution in [3.63, 3.8) is 0 Å². The second-order valence-electron chi connectivity index (χ2n) is 4.20. The zero-order chi connectivity index (χ0) is 9.97. The van der Waals surface area contributed by atoms with Gasteiger partial charge in [0.2, 0.25) is 0 Å². The van der Waals surface area contributed by atoms with E-state index in [2.05, 4.69) is 48.6 Å². The zero-order valence-electron chi connectivity index (χ0n) is 8.96. The Bertz CT molecular complexity index is 286. The number of rotatable bonds is 3. The predicted octanol–water partition coefficient (Wildman–Crippen LogP) is 1.66. The molecule has 0 aliphatic carbocycles. The van der Waals surface area contributed by atoms with Crippen LogP contribution in [-0.4, -0.2) is 26.7 Å². The van der Waals surface area contributed by atoms with Crippen LogP contribution in [0.5, 0.6) is 0 Å². The predicted molar refractivity (Wildman–Crippen MR) is 60.9 cm³/mol. The highest BCUT2D eigenvalue weighted by Crippen LogP contribution is 2.15. The van der Waals surface area contributed by atoms with E-state index in [-0.39, 0.29) is 0 Å². The molecule has 2 heteroatoms.